The van der Waals surface area contributed by atoms with Crippen molar-refractivity contribution in [2.75, 3.05) is 39.7 Å². The highest BCUT2D eigenvalue weighted by Gasteiger charge is 2.54. The zero-order chi connectivity index (χ0) is 31.6. The molecule has 3 N–H and O–H groups in total. The van der Waals surface area contributed by atoms with E-state index in [9.17, 15) is 13.2 Å². The maximum Gasteiger partial charge on any atom is 0.266 e. The second-order valence-corrected chi connectivity index (χ2v) is 12.9. The predicted octanol–water partition coefficient (Wildman–Crippen LogP) is 3.57. The number of nitrogens with zero attached hydrogens (tertiary/aromatic N) is 1. The molecule has 2 atom stereocenters. The number of carbonyl (C=O) groups is 1. The second-order valence-electron chi connectivity index (χ2n) is 9.93. The van der Waals surface area contributed by atoms with Crippen LogP contribution in [0.2, 0.25) is 0 Å². The van der Waals surface area contributed by atoms with Crippen molar-refractivity contribution in [3.8, 4) is 5.75 Å². The lowest BCUT2D eigenvalue weighted by molar-refractivity contribution is -0.131. The molecule has 0 unspecified atom stereocenters. The number of hydrazine groups is 1. The summed E-state index contributed by atoms with van der Waals surface area (Å²) in [7, 11) is -0.841. The fraction of sp³-hybridized carbons (Fsp3) is 0.355. The van der Waals surface area contributed by atoms with Gasteiger partial charge in [-0.25, -0.2) is 18.8 Å². The van der Waals surface area contributed by atoms with Crippen LogP contribution in [0.4, 0.5) is 0 Å². The standard InChI is InChI=1S/C31H36BrN3O8S/c1-40-27(41-2)21-33-35-30(37)31(17-20-44(38,39)24-9-4-3-5-10-24)28(25-11-6-7-12-26(25)32)43-29(34-31)22-13-15-23(16-14-22)42-19-8-18-36/h3-7,9-16,27-28,33,36H,8,17-21H2,1-2H3,(H,35,37)/t28-,31-/m0/s1. The highest BCUT2D eigenvalue weighted by atomic mass is 79.9. The number of carbonyl (C=O) groups excluding carboxylic acids is 1. The summed E-state index contributed by atoms with van der Waals surface area (Å²) in [6.45, 7) is 0.498. The van der Waals surface area contributed by atoms with Crippen molar-refractivity contribution >= 4 is 37.6 Å². The molecule has 0 saturated carbocycles. The molecule has 1 aliphatic heterocycles. The van der Waals surface area contributed by atoms with E-state index in [0.717, 1.165) is 0 Å². The zero-order valence-corrected chi connectivity index (χ0v) is 26.8. The summed E-state index contributed by atoms with van der Waals surface area (Å²) in [6, 6.07) is 22.3. The van der Waals surface area contributed by atoms with E-state index in [2.05, 4.69) is 26.8 Å². The lowest BCUT2D eigenvalue weighted by Crippen LogP contribution is -2.54. The normalized spacial score (nSPS) is 18.1. The number of methoxy groups -OCH3 is 2. The summed E-state index contributed by atoms with van der Waals surface area (Å²) < 4.78 is 50.0. The molecule has 0 spiro atoms. The van der Waals surface area contributed by atoms with Crippen molar-refractivity contribution in [1.82, 2.24) is 10.9 Å². The van der Waals surface area contributed by atoms with Crippen molar-refractivity contribution in [1.29, 1.82) is 0 Å². The van der Waals surface area contributed by atoms with Gasteiger partial charge in [-0.2, -0.15) is 0 Å². The van der Waals surface area contributed by atoms with Gasteiger partial charge in [-0.05, 0) is 42.5 Å². The quantitative estimate of drug-likeness (QED) is 0.117. The van der Waals surface area contributed by atoms with Gasteiger partial charge in [0.1, 0.15) is 5.75 Å². The molecular weight excluding hydrogens is 654 g/mol. The van der Waals surface area contributed by atoms with E-state index in [1.54, 1.807) is 48.5 Å². The molecule has 0 aromatic heterocycles. The highest BCUT2D eigenvalue weighted by Crippen LogP contribution is 2.45. The molecule has 1 amide bonds. The first-order valence-electron chi connectivity index (χ1n) is 14.0. The van der Waals surface area contributed by atoms with Crippen molar-refractivity contribution in [2.45, 2.75) is 35.7 Å². The minimum absolute atomic E-state index is 0.0236. The molecule has 4 rings (SSSR count). The largest absolute Gasteiger partial charge is 0.494 e. The smallest absolute Gasteiger partial charge is 0.266 e. The zero-order valence-electron chi connectivity index (χ0n) is 24.4. The van der Waals surface area contributed by atoms with Gasteiger partial charge in [-0.15, -0.1) is 0 Å². The van der Waals surface area contributed by atoms with Gasteiger partial charge in [0.2, 0.25) is 5.90 Å². The van der Waals surface area contributed by atoms with Gasteiger partial charge in [0.05, 0.1) is 23.8 Å². The number of amides is 1. The minimum Gasteiger partial charge on any atom is -0.494 e. The van der Waals surface area contributed by atoms with E-state index in [1.165, 1.54) is 26.4 Å². The summed E-state index contributed by atoms with van der Waals surface area (Å²) in [6.07, 6.45) is -1.31. The molecule has 3 aromatic rings. The Balaban J connectivity index is 1.74. The Morgan fingerprint density at radius 1 is 1.05 bits per heavy atom. The Morgan fingerprint density at radius 2 is 1.73 bits per heavy atom. The van der Waals surface area contributed by atoms with Crippen LogP contribution < -0.4 is 15.6 Å². The molecule has 236 valence electrons. The molecule has 1 aliphatic rings. The van der Waals surface area contributed by atoms with Gasteiger partial charge in [-0.3, -0.25) is 10.2 Å². The topological polar surface area (TPSA) is 145 Å². The average Bonchev–Trinajstić information content (AvgIpc) is 3.44. The third kappa shape index (κ3) is 8.03. The number of nitrogens with one attached hydrogen (secondary N) is 2. The average molecular weight is 691 g/mol. The first-order chi connectivity index (χ1) is 21.2. The van der Waals surface area contributed by atoms with Crippen molar-refractivity contribution in [3.63, 3.8) is 0 Å². The summed E-state index contributed by atoms with van der Waals surface area (Å²) in [5.74, 6) is -0.198. The van der Waals surface area contributed by atoms with Crippen LogP contribution in [-0.4, -0.2) is 76.9 Å². The number of halogens is 1. The van der Waals surface area contributed by atoms with Gasteiger partial charge in [0.15, 0.2) is 27.8 Å². The van der Waals surface area contributed by atoms with E-state index in [-0.39, 0.29) is 36.1 Å². The number of hydrogen-bond acceptors (Lipinski definition) is 10. The second kappa shape index (κ2) is 15.6. The number of hydrogen-bond donors (Lipinski definition) is 3. The molecule has 3 aromatic carbocycles. The van der Waals surface area contributed by atoms with Crippen LogP contribution in [0.5, 0.6) is 5.75 Å². The lowest BCUT2D eigenvalue weighted by Gasteiger charge is -2.31. The fourth-order valence-electron chi connectivity index (χ4n) is 4.66. The number of aliphatic imine (C=N–C) groups is 1. The van der Waals surface area contributed by atoms with Crippen LogP contribution in [-0.2, 0) is 28.8 Å². The van der Waals surface area contributed by atoms with E-state index in [1.807, 2.05) is 18.2 Å². The van der Waals surface area contributed by atoms with Crippen LogP contribution in [0.25, 0.3) is 0 Å². The summed E-state index contributed by atoms with van der Waals surface area (Å²) in [5, 5.41) is 9.03. The Labute approximate surface area is 265 Å². The van der Waals surface area contributed by atoms with Crippen molar-refractivity contribution in [2.24, 2.45) is 4.99 Å². The Hall–Kier alpha value is -3.33. The number of rotatable bonds is 16. The van der Waals surface area contributed by atoms with E-state index >= 15 is 0 Å². The number of aliphatic hydroxyl groups excluding tert-OH is 1. The number of sulfone groups is 1. The maximum absolute atomic E-state index is 14.2. The third-order valence-corrected chi connectivity index (χ3v) is 9.52. The van der Waals surface area contributed by atoms with Gasteiger partial charge >= 0.3 is 0 Å². The molecule has 44 heavy (non-hydrogen) atoms. The molecule has 13 heteroatoms. The third-order valence-electron chi connectivity index (χ3n) is 7.07. The predicted molar refractivity (Wildman–Crippen MR) is 168 cm³/mol. The van der Waals surface area contributed by atoms with Crippen molar-refractivity contribution < 1.29 is 37.3 Å². The van der Waals surface area contributed by atoms with Crippen molar-refractivity contribution in [3.05, 3.63) is 94.5 Å². The van der Waals surface area contributed by atoms with E-state index in [4.69, 9.17) is 29.0 Å². The SMILES string of the molecule is COC(CNNC(=O)[C@@]1(CCS(=O)(=O)c2ccccc2)N=C(c2ccc(OCCCO)cc2)O[C@H]1c1ccccc1Br)OC. The van der Waals surface area contributed by atoms with Gasteiger partial charge in [-0.1, -0.05) is 52.3 Å². The van der Waals surface area contributed by atoms with Crippen LogP contribution in [0, 0.1) is 0 Å². The van der Waals surface area contributed by atoms with Crippen LogP contribution in [0.3, 0.4) is 0 Å². The molecule has 0 saturated heterocycles. The summed E-state index contributed by atoms with van der Waals surface area (Å²) in [4.78, 5) is 19.2. The Bertz CT molecular complexity index is 1520. The number of ether oxygens (including phenoxy) is 4. The minimum atomic E-state index is -3.79. The van der Waals surface area contributed by atoms with Crippen LogP contribution in [0.1, 0.15) is 30.1 Å². The van der Waals surface area contributed by atoms with Gasteiger partial charge in [0.25, 0.3) is 5.91 Å². The van der Waals surface area contributed by atoms with E-state index in [0.29, 0.717) is 34.4 Å². The first-order valence-corrected chi connectivity index (χ1v) is 16.4. The Morgan fingerprint density at radius 3 is 2.39 bits per heavy atom. The monoisotopic (exact) mass is 689 g/mol. The number of aliphatic hydroxyl groups is 1. The molecule has 0 bridgehead atoms. The molecular formula is C31H36BrN3O8S. The molecule has 11 nitrogen and oxygen atoms in total. The molecule has 1 heterocycles. The lowest BCUT2D eigenvalue weighted by atomic mass is 9.85. The van der Waals surface area contributed by atoms with E-state index < -0.39 is 33.7 Å². The molecule has 0 radical (unpaired) electrons. The first kappa shape index (κ1) is 33.6. The van der Waals surface area contributed by atoms with Gasteiger partial charge in [0, 0.05) is 49.3 Å². The number of benzene rings is 3. The van der Waals surface area contributed by atoms with Crippen LogP contribution >= 0.6 is 15.9 Å². The highest BCUT2D eigenvalue weighted by molar-refractivity contribution is 9.10. The van der Waals surface area contributed by atoms with Crippen LogP contribution in [0.15, 0.2) is 93.2 Å². The Kier molecular flexibility index (Phi) is 11.9. The molecule has 0 fully saturated rings. The maximum atomic E-state index is 14.2. The summed E-state index contributed by atoms with van der Waals surface area (Å²) >= 11 is 3.58. The fourth-order valence-corrected chi connectivity index (χ4v) is 6.54. The molecule has 0 aliphatic carbocycles. The summed E-state index contributed by atoms with van der Waals surface area (Å²) in [5.41, 5.74) is 5.00. The van der Waals surface area contributed by atoms with Gasteiger partial charge < -0.3 is 24.1 Å².